The van der Waals surface area contributed by atoms with Crippen molar-refractivity contribution in [1.82, 2.24) is 4.90 Å². The highest BCUT2D eigenvalue weighted by molar-refractivity contribution is 7.99. The van der Waals surface area contributed by atoms with E-state index in [-0.39, 0.29) is 0 Å². The van der Waals surface area contributed by atoms with Gasteiger partial charge in [0.1, 0.15) is 0 Å². The SMILES string of the molecule is [CH2]CCSc1cccc(CN2CCCCC2)c1. The van der Waals surface area contributed by atoms with Crippen LogP contribution in [0.5, 0.6) is 0 Å². The van der Waals surface area contributed by atoms with E-state index in [0.29, 0.717) is 0 Å². The van der Waals surface area contributed by atoms with Crippen LogP contribution in [0.15, 0.2) is 29.2 Å². The second kappa shape index (κ2) is 7.07. The van der Waals surface area contributed by atoms with Crippen LogP contribution in [0.25, 0.3) is 0 Å². The van der Waals surface area contributed by atoms with Crippen LogP contribution in [0.4, 0.5) is 0 Å². The van der Waals surface area contributed by atoms with Crippen LogP contribution in [0, 0.1) is 6.92 Å². The summed E-state index contributed by atoms with van der Waals surface area (Å²) in [5, 5.41) is 0. The molecule has 1 fully saturated rings. The highest BCUT2D eigenvalue weighted by atomic mass is 32.2. The van der Waals surface area contributed by atoms with Crippen LogP contribution < -0.4 is 0 Å². The van der Waals surface area contributed by atoms with Crippen molar-refractivity contribution in [2.75, 3.05) is 18.8 Å². The maximum absolute atomic E-state index is 3.89. The Hall–Kier alpha value is -0.470. The van der Waals surface area contributed by atoms with Crippen molar-refractivity contribution < 1.29 is 0 Å². The molecule has 1 aromatic carbocycles. The fourth-order valence-electron chi connectivity index (χ4n) is 2.30. The van der Waals surface area contributed by atoms with Crippen LogP contribution in [0.3, 0.4) is 0 Å². The molecular formula is C15H22NS. The van der Waals surface area contributed by atoms with Gasteiger partial charge in [0.05, 0.1) is 0 Å². The lowest BCUT2D eigenvalue weighted by Crippen LogP contribution is -2.29. The van der Waals surface area contributed by atoms with E-state index in [1.807, 2.05) is 11.8 Å². The number of likely N-dealkylation sites (tertiary alicyclic amines) is 1. The molecule has 0 saturated carbocycles. The third kappa shape index (κ3) is 4.36. The Morgan fingerprint density at radius 1 is 1.18 bits per heavy atom. The zero-order chi connectivity index (χ0) is 11.9. The maximum atomic E-state index is 3.89. The third-order valence-corrected chi connectivity index (χ3v) is 4.25. The molecule has 0 spiro atoms. The molecule has 0 amide bonds. The van der Waals surface area contributed by atoms with Crippen LogP contribution in [0.1, 0.15) is 31.2 Å². The lowest BCUT2D eigenvalue weighted by Gasteiger charge is -2.26. The van der Waals surface area contributed by atoms with Gasteiger partial charge in [0.2, 0.25) is 0 Å². The summed E-state index contributed by atoms with van der Waals surface area (Å²) in [5.74, 6) is 1.12. The first-order valence-corrected chi connectivity index (χ1v) is 7.60. The summed E-state index contributed by atoms with van der Waals surface area (Å²) < 4.78 is 0. The third-order valence-electron chi connectivity index (χ3n) is 3.17. The van der Waals surface area contributed by atoms with Crippen molar-refractivity contribution in [3.63, 3.8) is 0 Å². The van der Waals surface area contributed by atoms with Gasteiger partial charge in [0.25, 0.3) is 0 Å². The van der Waals surface area contributed by atoms with Gasteiger partial charge in [-0.15, -0.1) is 11.8 Å². The quantitative estimate of drug-likeness (QED) is 0.725. The lowest BCUT2D eigenvalue weighted by molar-refractivity contribution is 0.221. The van der Waals surface area contributed by atoms with E-state index < -0.39 is 0 Å². The van der Waals surface area contributed by atoms with Crippen LogP contribution in [-0.4, -0.2) is 23.7 Å². The van der Waals surface area contributed by atoms with Crippen molar-refractivity contribution in [1.29, 1.82) is 0 Å². The molecule has 1 heterocycles. The highest BCUT2D eigenvalue weighted by Gasteiger charge is 2.10. The standard InChI is InChI=1S/C15H22NS/c1-2-11-17-15-8-6-7-14(12-15)13-16-9-4-3-5-10-16/h6-8,12H,1-5,9-11,13H2. The predicted octanol–water partition coefficient (Wildman–Crippen LogP) is 3.99. The van der Waals surface area contributed by atoms with Gasteiger partial charge in [-0.1, -0.05) is 25.5 Å². The monoisotopic (exact) mass is 248 g/mol. The molecule has 17 heavy (non-hydrogen) atoms. The van der Waals surface area contributed by atoms with Gasteiger partial charge in [-0.3, -0.25) is 4.90 Å². The van der Waals surface area contributed by atoms with E-state index in [1.54, 1.807) is 0 Å². The van der Waals surface area contributed by atoms with Gasteiger partial charge < -0.3 is 0 Å². The largest absolute Gasteiger partial charge is 0.299 e. The van der Waals surface area contributed by atoms with Gasteiger partial charge >= 0.3 is 0 Å². The van der Waals surface area contributed by atoms with E-state index in [4.69, 9.17) is 0 Å². The average Bonchev–Trinajstić information content (AvgIpc) is 2.38. The fourth-order valence-corrected chi connectivity index (χ4v) is 3.09. The smallest absolute Gasteiger partial charge is 0.0234 e. The molecule has 1 aromatic rings. The Labute approximate surface area is 110 Å². The minimum absolute atomic E-state index is 1.00. The summed E-state index contributed by atoms with van der Waals surface area (Å²) in [6.45, 7) is 7.56. The van der Waals surface area contributed by atoms with Crippen molar-refractivity contribution in [2.24, 2.45) is 0 Å². The molecule has 1 nitrogen and oxygen atoms in total. The van der Waals surface area contributed by atoms with Crippen molar-refractivity contribution >= 4 is 11.8 Å². The zero-order valence-corrected chi connectivity index (χ0v) is 11.3. The number of hydrogen-bond acceptors (Lipinski definition) is 2. The van der Waals surface area contributed by atoms with Crippen LogP contribution in [0.2, 0.25) is 0 Å². The molecule has 0 atom stereocenters. The number of rotatable bonds is 5. The van der Waals surface area contributed by atoms with Gasteiger partial charge in [0, 0.05) is 11.4 Å². The topological polar surface area (TPSA) is 3.24 Å². The lowest BCUT2D eigenvalue weighted by atomic mass is 10.1. The first-order chi connectivity index (χ1) is 8.38. The van der Waals surface area contributed by atoms with Crippen molar-refractivity contribution in [3.8, 4) is 0 Å². The average molecular weight is 248 g/mol. The van der Waals surface area contributed by atoms with Gasteiger partial charge in [-0.2, -0.15) is 0 Å². The van der Waals surface area contributed by atoms with Crippen LogP contribution in [-0.2, 0) is 6.54 Å². The molecule has 1 aliphatic rings. The molecule has 1 radical (unpaired) electrons. The molecule has 0 aliphatic carbocycles. The molecular weight excluding hydrogens is 226 g/mol. The minimum Gasteiger partial charge on any atom is -0.299 e. The number of thioether (sulfide) groups is 1. The van der Waals surface area contributed by atoms with E-state index in [1.165, 1.54) is 42.8 Å². The highest BCUT2D eigenvalue weighted by Crippen LogP contribution is 2.21. The van der Waals surface area contributed by atoms with E-state index in [9.17, 15) is 0 Å². The summed E-state index contributed by atoms with van der Waals surface area (Å²) >= 11 is 1.92. The van der Waals surface area contributed by atoms with E-state index in [0.717, 1.165) is 18.7 Å². The fraction of sp³-hybridized carbons (Fsp3) is 0.533. The number of benzene rings is 1. The molecule has 0 bridgehead atoms. The number of nitrogens with zero attached hydrogens (tertiary/aromatic N) is 1. The molecule has 1 aliphatic heterocycles. The Morgan fingerprint density at radius 2 is 2.00 bits per heavy atom. The Morgan fingerprint density at radius 3 is 2.76 bits per heavy atom. The summed E-state index contributed by atoms with van der Waals surface area (Å²) in [7, 11) is 0. The van der Waals surface area contributed by atoms with Gasteiger partial charge in [0.15, 0.2) is 0 Å². The summed E-state index contributed by atoms with van der Waals surface area (Å²) in [6, 6.07) is 8.99. The number of hydrogen-bond donors (Lipinski definition) is 0. The first kappa shape index (κ1) is 13.0. The zero-order valence-electron chi connectivity index (χ0n) is 10.5. The summed E-state index contributed by atoms with van der Waals surface area (Å²) in [4.78, 5) is 3.97. The molecule has 0 N–H and O–H groups in total. The van der Waals surface area contributed by atoms with Gasteiger partial charge in [-0.25, -0.2) is 0 Å². The molecule has 93 valence electrons. The maximum Gasteiger partial charge on any atom is 0.0234 e. The molecule has 0 aromatic heterocycles. The van der Waals surface area contributed by atoms with Crippen molar-refractivity contribution in [2.45, 2.75) is 37.1 Å². The number of piperidine rings is 1. The van der Waals surface area contributed by atoms with E-state index >= 15 is 0 Å². The summed E-state index contributed by atoms with van der Waals surface area (Å²) in [6.07, 6.45) is 5.16. The second-order valence-corrected chi connectivity index (χ2v) is 5.85. The Kier molecular flexibility index (Phi) is 5.40. The predicted molar refractivity (Wildman–Crippen MR) is 76.3 cm³/mol. The Bertz CT molecular complexity index is 331. The molecule has 2 heteroatoms. The normalized spacial score (nSPS) is 17.2. The molecule has 2 rings (SSSR count). The second-order valence-electron chi connectivity index (χ2n) is 4.69. The van der Waals surface area contributed by atoms with E-state index in [2.05, 4.69) is 36.1 Å². The molecule has 0 unspecified atom stereocenters. The van der Waals surface area contributed by atoms with Gasteiger partial charge in [-0.05, 0) is 55.8 Å². The Balaban J connectivity index is 1.90. The van der Waals surface area contributed by atoms with Crippen LogP contribution >= 0.6 is 11.8 Å². The first-order valence-electron chi connectivity index (χ1n) is 6.62. The summed E-state index contributed by atoms with van der Waals surface area (Å²) in [5.41, 5.74) is 1.46. The molecule has 1 saturated heterocycles. The minimum atomic E-state index is 1.00. The van der Waals surface area contributed by atoms with Crippen molar-refractivity contribution in [3.05, 3.63) is 36.8 Å².